The lowest BCUT2D eigenvalue weighted by molar-refractivity contribution is 0.423. The number of nitrogens with zero attached hydrogens (tertiary/aromatic N) is 2. The van der Waals surface area contributed by atoms with E-state index in [2.05, 4.69) is 33.9 Å². The Morgan fingerprint density at radius 2 is 2.26 bits per heavy atom. The Hall–Kier alpha value is -1.00. The van der Waals surface area contributed by atoms with E-state index in [0.717, 1.165) is 31.2 Å². The minimum atomic E-state index is 0.671. The first-order valence-corrected chi connectivity index (χ1v) is 8.13. The minimum absolute atomic E-state index is 0.671. The van der Waals surface area contributed by atoms with Gasteiger partial charge in [0.15, 0.2) is 0 Å². The molecule has 0 aliphatic carbocycles. The summed E-state index contributed by atoms with van der Waals surface area (Å²) in [5.74, 6) is 3.34. The molecule has 1 aromatic rings. The Morgan fingerprint density at radius 3 is 2.95 bits per heavy atom. The number of piperidine rings is 1. The van der Waals surface area contributed by atoms with Crippen molar-refractivity contribution in [3.63, 3.8) is 0 Å². The summed E-state index contributed by atoms with van der Waals surface area (Å²) in [7, 11) is 0. The molecule has 19 heavy (non-hydrogen) atoms. The quantitative estimate of drug-likeness (QED) is 0.612. The fraction of sp³-hybridized carbons (Fsp3) is 0.533. The summed E-state index contributed by atoms with van der Waals surface area (Å²) in [5, 5.41) is 3.65. The van der Waals surface area contributed by atoms with E-state index in [9.17, 15) is 0 Å². The highest BCUT2D eigenvalue weighted by Crippen LogP contribution is 2.17. The van der Waals surface area contributed by atoms with Crippen LogP contribution in [-0.4, -0.2) is 42.2 Å². The molecule has 1 aliphatic rings. The second-order valence-corrected chi connectivity index (χ2v) is 5.92. The lowest BCUT2D eigenvalue weighted by Gasteiger charge is -2.33. The summed E-state index contributed by atoms with van der Waals surface area (Å²) in [4.78, 5) is 6.80. The maximum Gasteiger partial charge on any atom is 0.128 e. The van der Waals surface area contributed by atoms with Gasteiger partial charge in [-0.15, -0.1) is 6.58 Å². The van der Waals surface area contributed by atoms with Crippen LogP contribution < -0.4 is 10.2 Å². The van der Waals surface area contributed by atoms with Crippen molar-refractivity contribution in [2.75, 3.05) is 36.0 Å². The van der Waals surface area contributed by atoms with Crippen LogP contribution in [0.25, 0.3) is 0 Å². The van der Waals surface area contributed by atoms with Crippen LogP contribution in [0.4, 0.5) is 5.82 Å². The van der Waals surface area contributed by atoms with Crippen LogP contribution in [0.1, 0.15) is 12.8 Å². The number of aromatic nitrogens is 1. The van der Waals surface area contributed by atoms with Gasteiger partial charge in [0.25, 0.3) is 0 Å². The monoisotopic (exact) mass is 277 g/mol. The Balaban J connectivity index is 1.64. The first-order chi connectivity index (χ1) is 9.40. The molecule has 2 heterocycles. The molecule has 1 aromatic heterocycles. The molecule has 2 rings (SSSR count). The Morgan fingerprint density at radius 1 is 1.42 bits per heavy atom. The van der Waals surface area contributed by atoms with Crippen molar-refractivity contribution < 1.29 is 0 Å². The van der Waals surface area contributed by atoms with E-state index in [4.69, 9.17) is 0 Å². The molecule has 3 nitrogen and oxygen atoms in total. The van der Waals surface area contributed by atoms with Crippen molar-refractivity contribution in [2.24, 2.45) is 0 Å². The van der Waals surface area contributed by atoms with Crippen LogP contribution in [0.5, 0.6) is 0 Å². The van der Waals surface area contributed by atoms with Gasteiger partial charge in [0.1, 0.15) is 5.82 Å². The first-order valence-electron chi connectivity index (χ1n) is 6.98. The van der Waals surface area contributed by atoms with E-state index in [-0.39, 0.29) is 0 Å². The summed E-state index contributed by atoms with van der Waals surface area (Å²) < 4.78 is 0. The molecule has 0 saturated carbocycles. The third-order valence-electron chi connectivity index (χ3n) is 3.38. The molecule has 4 heteroatoms. The number of thioether (sulfide) groups is 1. The number of nitrogens with one attached hydrogen (secondary N) is 1. The maximum absolute atomic E-state index is 4.42. The van der Waals surface area contributed by atoms with Crippen molar-refractivity contribution in [1.82, 2.24) is 10.3 Å². The van der Waals surface area contributed by atoms with Crippen LogP contribution in [0, 0.1) is 0 Å². The fourth-order valence-electron chi connectivity index (χ4n) is 2.36. The summed E-state index contributed by atoms with van der Waals surface area (Å²) >= 11 is 1.94. The number of hydrogen-bond acceptors (Lipinski definition) is 4. The molecule has 0 atom stereocenters. The first kappa shape index (κ1) is 14.4. The molecule has 1 fully saturated rings. The molecular formula is C15H23N3S. The molecular weight excluding hydrogens is 254 g/mol. The highest BCUT2D eigenvalue weighted by Gasteiger charge is 2.19. The Kier molecular flexibility index (Phi) is 6.24. The van der Waals surface area contributed by atoms with Gasteiger partial charge in [0, 0.05) is 43.4 Å². The standard InChI is InChI=1S/C15H23N3S/c1-2-12-19-13-9-16-14-6-10-18(11-7-14)15-5-3-4-8-17-15/h2-5,8,14,16H,1,6-7,9-13H2. The van der Waals surface area contributed by atoms with Crippen molar-refractivity contribution >= 4 is 17.6 Å². The second-order valence-electron chi connectivity index (χ2n) is 4.77. The summed E-state index contributed by atoms with van der Waals surface area (Å²) in [6.07, 6.45) is 6.26. The fourth-order valence-corrected chi connectivity index (χ4v) is 2.95. The van der Waals surface area contributed by atoms with Gasteiger partial charge in [-0.05, 0) is 25.0 Å². The zero-order chi connectivity index (χ0) is 13.3. The predicted molar refractivity (Wildman–Crippen MR) is 85.0 cm³/mol. The normalized spacial score (nSPS) is 16.5. The van der Waals surface area contributed by atoms with Gasteiger partial charge in [-0.25, -0.2) is 4.98 Å². The Labute approximate surface area is 120 Å². The summed E-state index contributed by atoms with van der Waals surface area (Å²) in [6, 6.07) is 6.80. The van der Waals surface area contributed by atoms with Gasteiger partial charge in [0.05, 0.1) is 0 Å². The van der Waals surface area contributed by atoms with Crippen LogP contribution >= 0.6 is 11.8 Å². The SMILES string of the molecule is C=CCSCCNC1CCN(c2ccccn2)CC1. The number of rotatable bonds is 7. The Bertz CT molecular complexity index is 361. The lowest BCUT2D eigenvalue weighted by atomic mass is 10.1. The number of anilines is 1. The van der Waals surface area contributed by atoms with Crippen molar-refractivity contribution in [1.29, 1.82) is 0 Å². The largest absolute Gasteiger partial charge is 0.357 e. The zero-order valence-electron chi connectivity index (χ0n) is 11.4. The maximum atomic E-state index is 4.42. The molecule has 1 saturated heterocycles. The molecule has 0 amide bonds. The highest BCUT2D eigenvalue weighted by molar-refractivity contribution is 7.99. The van der Waals surface area contributed by atoms with Gasteiger partial charge >= 0.3 is 0 Å². The molecule has 104 valence electrons. The van der Waals surface area contributed by atoms with E-state index >= 15 is 0 Å². The van der Waals surface area contributed by atoms with E-state index in [1.807, 2.05) is 30.1 Å². The van der Waals surface area contributed by atoms with E-state index in [1.54, 1.807) is 0 Å². The van der Waals surface area contributed by atoms with E-state index in [0.29, 0.717) is 6.04 Å². The van der Waals surface area contributed by atoms with Crippen LogP contribution in [0.2, 0.25) is 0 Å². The van der Waals surface area contributed by atoms with Crippen LogP contribution in [-0.2, 0) is 0 Å². The minimum Gasteiger partial charge on any atom is -0.357 e. The van der Waals surface area contributed by atoms with Crippen molar-refractivity contribution in [3.05, 3.63) is 37.1 Å². The highest BCUT2D eigenvalue weighted by atomic mass is 32.2. The average Bonchev–Trinajstić information content (AvgIpc) is 2.49. The molecule has 1 N–H and O–H groups in total. The van der Waals surface area contributed by atoms with Crippen LogP contribution in [0.15, 0.2) is 37.1 Å². The van der Waals surface area contributed by atoms with Gasteiger partial charge in [-0.1, -0.05) is 12.1 Å². The van der Waals surface area contributed by atoms with E-state index < -0.39 is 0 Å². The second kappa shape index (κ2) is 8.23. The predicted octanol–water partition coefficient (Wildman–Crippen LogP) is 2.56. The van der Waals surface area contributed by atoms with Gasteiger partial charge < -0.3 is 10.2 Å². The molecule has 0 spiro atoms. The van der Waals surface area contributed by atoms with Crippen molar-refractivity contribution in [3.8, 4) is 0 Å². The third-order valence-corrected chi connectivity index (χ3v) is 4.35. The van der Waals surface area contributed by atoms with Crippen molar-refractivity contribution in [2.45, 2.75) is 18.9 Å². The van der Waals surface area contributed by atoms with E-state index in [1.165, 1.54) is 18.6 Å². The average molecular weight is 277 g/mol. The molecule has 1 aliphatic heterocycles. The third kappa shape index (κ3) is 4.88. The summed E-state index contributed by atoms with van der Waals surface area (Å²) in [5.41, 5.74) is 0. The van der Waals surface area contributed by atoms with Crippen LogP contribution in [0.3, 0.4) is 0 Å². The molecule has 0 radical (unpaired) electrons. The van der Waals surface area contributed by atoms with Gasteiger partial charge in [-0.3, -0.25) is 0 Å². The molecule has 0 unspecified atom stereocenters. The smallest absolute Gasteiger partial charge is 0.128 e. The molecule has 0 bridgehead atoms. The number of hydrogen-bond donors (Lipinski definition) is 1. The molecule has 0 aromatic carbocycles. The topological polar surface area (TPSA) is 28.2 Å². The lowest BCUT2D eigenvalue weighted by Crippen LogP contribution is -2.43. The zero-order valence-corrected chi connectivity index (χ0v) is 12.2. The van der Waals surface area contributed by atoms with Gasteiger partial charge in [0.2, 0.25) is 0 Å². The van der Waals surface area contributed by atoms with Gasteiger partial charge in [-0.2, -0.15) is 11.8 Å². The summed E-state index contributed by atoms with van der Waals surface area (Å²) in [6.45, 7) is 7.05. The number of pyridine rings is 1.